The van der Waals surface area contributed by atoms with E-state index in [-0.39, 0.29) is 11.8 Å². The number of aryl methyl sites for hydroxylation is 1. The van der Waals surface area contributed by atoms with Gasteiger partial charge in [0.15, 0.2) is 0 Å². The van der Waals surface area contributed by atoms with Gasteiger partial charge < -0.3 is 10.2 Å². The average molecular weight is 429 g/mol. The van der Waals surface area contributed by atoms with E-state index in [1.807, 2.05) is 62.4 Å². The molecule has 0 saturated carbocycles. The van der Waals surface area contributed by atoms with Crippen molar-refractivity contribution in [3.8, 4) is 0 Å². The Labute approximate surface area is 169 Å². The lowest BCUT2D eigenvalue weighted by molar-refractivity contribution is -0.132. The lowest BCUT2D eigenvalue weighted by atomic mass is 9.80. The van der Waals surface area contributed by atoms with Crippen molar-refractivity contribution in [2.75, 3.05) is 13.1 Å². The van der Waals surface area contributed by atoms with Gasteiger partial charge >= 0.3 is 0 Å². The first-order valence-electron chi connectivity index (χ1n) is 9.27. The fourth-order valence-electron chi connectivity index (χ4n) is 3.60. The van der Waals surface area contributed by atoms with E-state index in [1.165, 1.54) is 0 Å². The van der Waals surface area contributed by atoms with Crippen LogP contribution in [-0.4, -0.2) is 29.8 Å². The van der Waals surface area contributed by atoms with Gasteiger partial charge in [0, 0.05) is 24.1 Å². The predicted octanol–water partition coefficient (Wildman–Crippen LogP) is 4.32. The number of benzene rings is 2. The van der Waals surface area contributed by atoms with Gasteiger partial charge in [-0.25, -0.2) is 0 Å². The molecule has 1 atom stereocenters. The van der Waals surface area contributed by atoms with E-state index in [4.69, 9.17) is 0 Å². The SMILES string of the molecule is Cc1ccccc1CNC(=O)[C@]1(C)CCCN(C(=O)c2ccccc2Br)C1. The first-order chi connectivity index (χ1) is 12.9. The zero-order valence-corrected chi connectivity index (χ0v) is 17.4. The molecule has 0 aromatic heterocycles. The number of piperidine rings is 1. The molecule has 142 valence electrons. The molecule has 27 heavy (non-hydrogen) atoms. The zero-order valence-electron chi connectivity index (χ0n) is 15.8. The van der Waals surface area contributed by atoms with Gasteiger partial charge in [0.1, 0.15) is 0 Å². The normalized spacial score (nSPS) is 19.6. The van der Waals surface area contributed by atoms with Crippen molar-refractivity contribution in [1.29, 1.82) is 0 Å². The van der Waals surface area contributed by atoms with Gasteiger partial charge in [-0.3, -0.25) is 9.59 Å². The summed E-state index contributed by atoms with van der Waals surface area (Å²) in [6, 6.07) is 15.5. The van der Waals surface area contributed by atoms with Crippen molar-refractivity contribution in [2.24, 2.45) is 5.41 Å². The van der Waals surface area contributed by atoms with Crippen molar-refractivity contribution in [3.05, 3.63) is 69.7 Å². The summed E-state index contributed by atoms with van der Waals surface area (Å²) in [7, 11) is 0. The largest absolute Gasteiger partial charge is 0.351 e. The van der Waals surface area contributed by atoms with Crippen molar-refractivity contribution in [2.45, 2.75) is 33.2 Å². The Morgan fingerprint density at radius 1 is 1.15 bits per heavy atom. The van der Waals surface area contributed by atoms with Crippen molar-refractivity contribution < 1.29 is 9.59 Å². The lowest BCUT2D eigenvalue weighted by Crippen LogP contribution is -2.51. The van der Waals surface area contributed by atoms with Gasteiger partial charge in [0.2, 0.25) is 5.91 Å². The molecule has 0 aliphatic carbocycles. The standard InChI is InChI=1S/C22H25BrN2O2/c1-16-8-3-4-9-17(16)14-24-21(27)22(2)12-7-13-25(15-22)20(26)18-10-5-6-11-19(18)23/h3-6,8-11H,7,12-15H2,1-2H3,(H,24,27)/t22-/m1/s1. The van der Waals surface area contributed by atoms with E-state index in [2.05, 4.69) is 21.2 Å². The second-order valence-electron chi connectivity index (χ2n) is 7.48. The zero-order chi connectivity index (χ0) is 19.4. The third-order valence-corrected chi connectivity index (χ3v) is 6.03. The minimum atomic E-state index is -0.572. The first kappa shape index (κ1) is 19.6. The molecule has 1 aliphatic rings. The van der Waals surface area contributed by atoms with Crippen LogP contribution in [0, 0.1) is 12.3 Å². The highest BCUT2D eigenvalue weighted by Gasteiger charge is 2.39. The molecule has 0 bridgehead atoms. The summed E-state index contributed by atoms with van der Waals surface area (Å²) in [6.07, 6.45) is 1.61. The van der Waals surface area contributed by atoms with Crippen LogP contribution in [0.25, 0.3) is 0 Å². The van der Waals surface area contributed by atoms with Crippen molar-refractivity contribution in [1.82, 2.24) is 10.2 Å². The van der Waals surface area contributed by atoms with Crippen LogP contribution in [0.4, 0.5) is 0 Å². The van der Waals surface area contributed by atoms with Gasteiger partial charge in [-0.05, 0) is 65.9 Å². The Balaban J connectivity index is 1.68. The quantitative estimate of drug-likeness (QED) is 0.787. The lowest BCUT2D eigenvalue weighted by Gasteiger charge is -2.39. The monoisotopic (exact) mass is 428 g/mol. The Bertz CT molecular complexity index is 852. The van der Waals surface area contributed by atoms with Crippen LogP contribution in [0.2, 0.25) is 0 Å². The maximum Gasteiger partial charge on any atom is 0.255 e. The number of carbonyl (C=O) groups excluding carboxylic acids is 2. The van der Waals surface area contributed by atoms with E-state index in [0.717, 1.165) is 28.4 Å². The molecule has 1 saturated heterocycles. The molecule has 1 heterocycles. The molecule has 0 radical (unpaired) electrons. The van der Waals surface area contributed by atoms with E-state index in [0.29, 0.717) is 25.2 Å². The summed E-state index contributed by atoms with van der Waals surface area (Å²) < 4.78 is 0.784. The number of likely N-dealkylation sites (tertiary alicyclic amines) is 1. The van der Waals surface area contributed by atoms with Gasteiger partial charge in [0.05, 0.1) is 11.0 Å². The summed E-state index contributed by atoms with van der Waals surface area (Å²) in [6.45, 7) is 5.63. The second-order valence-corrected chi connectivity index (χ2v) is 8.33. The Morgan fingerprint density at radius 3 is 2.59 bits per heavy atom. The second kappa shape index (κ2) is 8.26. The number of rotatable bonds is 4. The molecule has 0 unspecified atom stereocenters. The Kier molecular flexibility index (Phi) is 6.00. The van der Waals surface area contributed by atoms with E-state index in [1.54, 1.807) is 4.90 Å². The first-order valence-corrected chi connectivity index (χ1v) is 10.1. The Hall–Kier alpha value is -2.14. The average Bonchev–Trinajstić information content (AvgIpc) is 2.67. The predicted molar refractivity (Wildman–Crippen MR) is 110 cm³/mol. The number of amides is 2. The van der Waals surface area contributed by atoms with Gasteiger partial charge in [-0.1, -0.05) is 36.4 Å². The number of nitrogens with one attached hydrogen (secondary N) is 1. The van der Waals surface area contributed by atoms with Crippen molar-refractivity contribution >= 4 is 27.7 Å². The third-order valence-electron chi connectivity index (χ3n) is 5.34. The molecule has 0 spiro atoms. The number of carbonyl (C=O) groups is 2. The highest BCUT2D eigenvalue weighted by atomic mass is 79.9. The number of hydrogen-bond donors (Lipinski definition) is 1. The highest BCUT2D eigenvalue weighted by molar-refractivity contribution is 9.10. The Morgan fingerprint density at radius 2 is 1.85 bits per heavy atom. The molecule has 2 amide bonds. The van der Waals surface area contributed by atoms with Crippen LogP contribution in [0.5, 0.6) is 0 Å². The maximum atomic E-state index is 12.9. The van der Waals surface area contributed by atoms with Crippen LogP contribution in [0.3, 0.4) is 0 Å². The van der Waals surface area contributed by atoms with Crippen LogP contribution in [0.1, 0.15) is 41.3 Å². The molecule has 1 N–H and O–H groups in total. The van der Waals surface area contributed by atoms with Crippen LogP contribution in [0.15, 0.2) is 53.0 Å². The molecular formula is C22H25BrN2O2. The molecule has 1 aliphatic heterocycles. The minimum Gasteiger partial charge on any atom is -0.351 e. The summed E-state index contributed by atoms with van der Waals surface area (Å²) >= 11 is 3.45. The van der Waals surface area contributed by atoms with Crippen LogP contribution < -0.4 is 5.32 Å². The summed E-state index contributed by atoms with van der Waals surface area (Å²) in [5, 5.41) is 3.07. The smallest absolute Gasteiger partial charge is 0.255 e. The number of nitrogens with zero attached hydrogens (tertiary/aromatic N) is 1. The molecule has 2 aromatic rings. The summed E-state index contributed by atoms with van der Waals surface area (Å²) in [5.41, 5.74) is 2.35. The molecule has 5 heteroatoms. The van der Waals surface area contributed by atoms with Crippen LogP contribution in [-0.2, 0) is 11.3 Å². The molecule has 3 rings (SSSR count). The van der Waals surface area contributed by atoms with Crippen LogP contribution >= 0.6 is 15.9 Å². The summed E-state index contributed by atoms with van der Waals surface area (Å²) in [5.74, 6) is -0.0181. The molecule has 4 nitrogen and oxygen atoms in total. The van der Waals surface area contributed by atoms with Gasteiger partial charge in [0.25, 0.3) is 5.91 Å². The number of hydrogen-bond acceptors (Lipinski definition) is 2. The summed E-state index contributed by atoms with van der Waals surface area (Å²) in [4.78, 5) is 27.6. The van der Waals surface area contributed by atoms with Crippen molar-refractivity contribution in [3.63, 3.8) is 0 Å². The van der Waals surface area contributed by atoms with Gasteiger partial charge in [-0.15, -0.1) is 0 Å². The highest BCUT2D eigenvalue weighted by Crippen LogP contribution is 2.31. The van der Waals surface area contributed by atoms with E-state index < -0.39 is 5.41 Å². The molecular weight excluding hydrogens is 404 g/mol. The third kappa shape index (κ3) is 4.41. The molecule has 2 aromatic carbocycles. The maximum absolute atomic E-state index is 12.9. The topological polar surface area (TPSA) is 49.4 Å². The molecule has 1 fully saturated rings. The van der Waals surface area contributed by atoms with Gasteiger partial charge in [-0.2, -0.15) is 0 Å². The van der Waals surface area contributed by atoms with E-state index >= 15 is 0 Å². The fourth-order valence-corrected chi connectivity index (χ4v) is 4.05. The number of halogens is 1. The fraction of sp³-hybridized carbons (Fsp3) is 0.364. The van der Waals surface area contributed by atoms with E-state index in [9.17, 15) is 9.59 Å². The minimum absolute atomic E-state index is 0.00961.